The average Bonchev–Trinajstić information content (AvgIpc) is 2.44. The lowest BCUT2D eigenvalue weighted by Gasteiger charge is -1.94. The largest absolute Gasteiger partial charge is 0.321 e. The first-order valence-corrected chi connectivity index (χ1v) is 4.45. The predicted molar refractivity (Wildman–Crippen MR) is 50.8 cm³/mol. The van der Waals surface area contributed by atoms with Crippen LogP contribution in [-0.4, -0.2) is 5.91 Å². The van der Waals surface area contributed by atoms with Gasteiger partial charge in [-0.25, -0.2) is 0 Å². The molecule has 60 valence electrons. The van der Waals surface area contributed by atoms with E-state index in [0.29, 0.717) is 0 Å². The molecule has 0 spiro atoms. The Hall–Kier alpha value is -1.09. The van der Waals surface area contributed by atoms with Gasteiger partial charge in [-0.05, 0) is 6.07 Å². The van der Waals surface area contributed by atoms with E-state index in [1.54, 1.807) is 4.99 Å². The van der Waals surface area contributed by atoms with Crippen LogP contribution in [0.3, 0.4) is 0 Å². The lowest BCUT2D eigenvalue weighted by Crippen LogP contribution is -2.11. The van der Waals surface area contributed by atoms with Crippen molar-refractivity contribution in [1.82, 2.24) is 5.32 Å². The van der Waals surface area contributed by atoms with Crippen LogP contribution in [0.4, 0.5) is 0 Å². The molecule has 0 radical (unpaired) electrons. The van der Waals surface area contributed by atoms with Gasteiger partial charge in [-0.15, -0.1) is 0 Å². The number of nitrogens with one attached hydrogen (secondary N) is 1. The molecule has 2 rings (SSSR count). The van der Waals surface area contributed by atoms with Crippen LogP contribution in [0.1, 0.15) is 15.9 Å². The van der Waals surface area contributed by atoms with Crippen molar-refractivity contribution >= 4 is 27.5 Å². The Balaban J connectivity index is 2.65. The highest BCUT2D eigenvalue weighted by atomic mass is 79.9. The summed E-state index contributed by atoms with van der Waals surface area (Å²) in [6.07, 6.45) is 0. The third-order valence-corrected chi connectivity index (χ3v) is 2.28. The first kappa shape index (κ1) is 7.55. The monoisotopic (exact) mass is 223 g/mol. The number of carbonyl (C=O) groups excluding carboxylic acids is 1. The molecule has 12 heavy (non-hydrogen) atoms. The van der Waals surface area contributed by atoms with Crippen molar-refractivity contribution in [2.75, 3.05) is 0 Å². The molecule has 0 aliphatic carbocycles. The highest BCUT2D eigenvalue weighted by Gasteiger charge is 2.21. The molecule has 0 saturated carbocycles. The van der Waals surface area contributed by atoms with Gasteiger partial charge in [0.1, 0.15) is 0 Å². The molecule has 3 heteroatoms. The predicted octanol–water partition coefficient (Wildman–Crippen LogP) is 2.12. The average molecular weight is 224 g/mol. The van der Waals surface area contributed by atoms with Gasteiger partial charge in [0.2, 0.25) is 0 Å². The van der Waals surface area contributed by atoms with E-state index in [-0.39, 0.29) is 5.91 Å². The van der Waals surface area contributed by atoms with Crippen LogP contribution in [0.15, 0.2) is 29.3 Å². The maximum Gasteiger partial charge on any atom is 0.256 e. The molecule has 1 aromatic rings. The summed E-state index contributed by atoms with van der Waals surface area (Å²) in [7, 11) is 0. The minimum atomic E-state index is -0.0312. The summed E-state index contributed by atoms with van der Waals surface area (Å²) < 4.78 is 0. The van der Waals surface area contributed by atoms with Crippen molar-refractivity contribution < 1.29 is 4.79 Å². The van der Waals surface area contributed by atoms with Gasteiger partial charge in [-0.3, -0.25) is 4.79 Å². The van der Waals surface area contributed by atoms with Crippen LogP contribution in [0.25, 0.3) is 5.70 Å². The first-order chi connectivity index (χ1) is 5.83. The van der Waals surface area contributed by atoms with Gasteiger partial charge in [-0.2, -0.15) is 0 Å². The van der Waals surface area contributed by atoms with E-state index in [4.69, 9.17) is 0 Å². The van der Waals surface area contributed by atoms with E-state index in [1.807, 2.05) is 24.3 Å². The Morgan fingerprint density at radius 3 is 2.58 bits per heavy atom. The quantitative estimate of drug-likeness (QED) is 0.718. The summed E-state index contributed by atoms with van der Waals surface area (Å²) >= 11 is 3.20. The second-order valence-electron chi connectivity index (χ2n) is 2.52. The fourth-order valence-electron chi connectivity index (χ4n) is 1.26. The van der Waals surface area contributed by atoms with Crippen LogP contribution in [-0.2, 0) is 0 Å². The van der Waals surface area contributed by atoms with Crippen molar-refractivity contribution in [2.45, 2.75) is 0 Å². The zero-order valence-corrected chi connectivity index (χ0v) is 7.76. The molecular formula is C9H6BrNO. The number of amides is 1. The topological polar surface area (TPSA) is 29.1 Å². The van der Waals surface area contributed by atoms with Crippen LogP contribution in [0.2, 0.25) is 0 Å². The Morgan fingerprint density at radius 2 is 1.92 bits per heavy atom. The number of hydrogen-bond acceptors (Lipinski definition) is 1. The van der Waals surface area contributed by atoms with Crippen molar-refractivity contribution in [3.63, 3.8) is 0 Å². The zero-order chi connectivity index (χ0) is 8.55. The SMILES string of the molecule is O=C1NC(=CBr)c2ccccc21. The van der Waals surface area contributed by atoms with Crippen LogP contribution < -0.4 is 5.32 Å². The highest BCUT2D eigenvalue weighted by Crippen LogP contribution is 2.24. The smallest absolute Gasteiger partial charge is 0.256 e. The molecule has 1 aromatic carbocycles. The summed E-state index contributed by atoms with van der Waals surface area (Å²) in [6, 6.07) is 7.50. The number of halogens is 1. The molecule has 0 fully saturated rings. The third-order valence-electron chi connectivity index (χ3n) is 1.82. The van der Waals surface area contributed by atoms with Gasteiger partial charge < -0.3 is 5.32 Å². The van der Waals surface area contributed by atoms with Gasteiger partial charge >= 0.3 is 0 Å². The minimum Gasteiger partial charge on any atom is -0.321 e. The maximum absolute atomic E-state index is 11.3. The fourth-order valence-corrected chi connectivity index (χ4v) is 1.62. The lowest BCUT2D eigenvalue weighted by molar-refractivity contribution is 0.0981. The second kappa shape index (κ2) is 2.75. The van der Waals surface area contributed by atoms with Crippen LogP contribution in [0.5, 0.6) is 0 Å². The number of rotatable bonds is 0. The van der Waals surface area contributed by atoms with Gasteiger partial charge in [0, 0.05) is 16.1 Å². The molecule has 0 bridgehead atoms. The van der Waals surface area contributed by atoms with Crippen molar-refractivity contribution in [3.8, 4) is 0 Å². The Labute approximate surface area is 78.4 Å². The van der Waals surface area contributed by atoms with E-state index in [2.05, 4.69) is 21.2 Å². The standard InChI is InChI=1S/C9H6BrNO/c10-5-8-6-3-1-2-4-7(6)9(12)11-8/h1-5H,(H,11,12). The number of benzene rings is 1. The Bertz CT molecular complexity index is 371. The van der Waals surface area contributed by atoms with Gasteiger partial charge in [0.15, 0.2) is 0 Å². The first-order valence-electron chi connectivity index (χ1n) is 3.54. The Morgan fingerprint density at radius 1 is 1.25 bits per heavy atom. The molecule has 2 nitrogen and oxygen atoms in total. The summed E-state index contributed by atoms with van der Waals surface area (Å²) in [5.41, 5.74) is 2.53. The molecule has 0 atom stereocenters. The third kappa shape index (κ3) is 0.975. The number of carbonyl (C=O) groups is 1. The molecule has 0 aromatic heterocycles. The summed E-state index contributed by atoms with van der Waals surface area (Å²) in [6.45, 7) is 0. The summed E-state index contributed by atoms with van der Waals surface area (Å²) in [4.78, 5) is 13.0. The molecule has 0 saturated heterocycles. The van der Waals surface area contributed by atoms with E-state index in [1.165, 1.54) is 0 Å². The van der Waals surface area contributed by atoms with E-state index < -0.39 is 0 Å². The molecule has 1 amide bonds. The molecule has 1 N–H and O–H groups in total. The van der Waals surface area contributed by atoms with Gasteiger partial charge in [0.05, 0.1) is 5.70 Å². The highest BCUT2D eigenvalue weighted by molar-refractivity contribution is 9.11. The van der Waals surface area contributed by atoms with E-state index in [0.717, 1.165) is 16.8 Å². The summed E-state index contributed by atoms with van der Waals surface area (Å²) in [5.74, 6) is -0.0312. The van der Waals surface area contributed by atoms with Crippen molar-refractivity contribution in [3.05, 3.63) is 40.4 Å². The molecule has 0 unspecified atom stereocenters. The van der Waals surface area contributed by atoms with E-state index in [9.17, 15) is 4.79 Å². The van der Waals surface area contributed by atoms with E-state index >= 15 is 0 Å². The molecule has 1 heterocycles. The fraction of sp³-hybridized carbons (Fsp3) is 0. The molecular weight excluding hydrogens is 218 g/mol. The van der Waals surface area contributed by atoms with Gasteiger partial charge in [-0.1, -0.05) is 34.1 Å². The maximum atomic E-state index is 11.3. The second-order valence-corrected chi connectivity index (χ2v) is 2.98. The van der Waals surface area contributed by atoms with Crippen molar-refractivity contribution in [2.24, 2.45) is 0 Å². The lowest BCUT2D eigenvalue weighted by atomic mass is 10.1. The van der Waals surface area contributed by atoms with Gasteiger partial charge in [0.25, 0.3) is 5.91 Å². The van der Waals surface area contributed by atoms with Crippen molar-refractivity contribution in [1.29, 1.82) is 0 Å². The Kier molecular flexibility index (Phi) is 1.73. The van der Waals surface area contributed by atoms with Crippen LogP contribution >= 0.6 is 15.9 Å². The zero-order valence-electron chi connectivity index (χ0n) is 6.17. The number of hydrogen-bond donors (Lipinski definition) is 1. The molecule has 1 aliphatic heterocycles. The summed E-state index contributed by atoms with van der Waals surface area (Å²) in [5, 5.41) is 2.74. The minimum absolute atomic E-state index is 0.0312. The number of fused-ring (bicyclic) bond motifs is 1. The van der Waals surface area contributed by atoms with Crippen LogP contribution in [0, 0.1) is 0 Å². The normalized spacial score (nSPS) is 17.8. The molecule has 1 aliphatic rings.